The van der Waals surface area contributed by atoms with Crippen LogP contribution >= 0.6 is 0 Å². The molecule has 0 atom stereocenters. The van der Waals surface area contributed by atoms with E-state index in [2.05, 4.69) is 11.6 Å². The average Bonchev–Trinajstić information content (AvgIpc) is 1.89. The Bertz CT molecular complexity index is 207. The van der Waals surface area contributed by atoms with Gasteiger partial charge < -0.3 is 0 Å². The maximum atomic E-state index is 9.67. The molecule has 0 aromatic carbocycles. The number of hydrogen-bond acceptors (Lipinski definition) is 2. The van der Waals surface area contributed by atoms with Gasteiger partial charge in [-0.05, 0) is 13.0 Å². The summed E-state index contributed by atoms with van der Waals surface area (Å²) in [6, 6.07) is 0. The lowest BCUT2D eigenvalue weighted by Crippen LogP contribution is -1.63. The molecule has 0 aromatic rings. The Kier molecular flexibility index (Phi) is 4.93. The van der Waals surface area contributed by atoms with Crippen LogP contribution in [-0.2, 0) is 4.79 Å². The van der Waals surface area contributed by atoms with Crippen LogP contribution in [0.1, 0.15) is 6.92 Å². The summed E-state index contributed by atoms with van der Waals surface area (Å²) < 4.78 is 0. The minimum absolute atomic E-state index is 0.633. The maximum absolute atomic E-state index is 9.67. The van der Waals surface area contributed by atoms with E-state index in [-0.39, 0.29) is 0 Å². The molecule has 0 amide bonds. The van der Waals surface area contributed by atoms with Gasteiger partial charge in [0.25, 0.3) is 0 Å². The van der Waals surface area contributed by atoms with Crippen LogP contribution in [0.2, 0.25) is 0 Å². The summed E-state index contributed by atoms with van der Waals surface area (Å²) in [6.07, 6.45) is 8.30. The van der Waals surface area contributed by atoms with Crippen LogP contribution in [0.15, 0.2) is 41.6 Å². The number of carbonyl (C=O) groups excluding carboxylic acids is 1. The van der Waals surface area contributed by atoms with Gasteiger partial charge in [0.15, 0.2) is 0 Å². The van der Waals surface area contributed by atoms with Crippen molar-refractivity contribution in [2.75, 3.05) is 0 Å². The number of rotatable bonds is 3. The van der Waals surface area contributed by atoms with Crippen molar-refractivity contribution in [2.45, 2.75) is 6.92 Å². The molecule has 0 aromatic heterocycles. The van der Waals surface area contributed by atoms with Crippen molar-refractivity contribution in [1.29, 1.82) is 0 Å². The average molecular weight is 135 g/mol. The molecule has 10 heavy (non-hydrogen) atoms. The molecular weight excluding hydrogens is 126 g/mol. The van der Waals surface area contributed by atoms with Gasteiger partial charge in [0, 0.05) is 0 Å². The fourth-order valence-corrected chi connectivity index (χ4v) is 0.383. The molecule has 0 spiro atoms. The highest BCUT2D eigenvalue weighted by molar-refractivity contribution is 5.37. The number of aliphatic imine (C=N–C) groups is 1. The van der Waals surface area contributed by atoms with Gasteiger partial charge in [-0.3, -0.25) is 0 Å². The molecule has 0 radical (unpaired) electrons. The summed E-state index contributed by atoms with van der Waals surface area (Å²) in [6.45, 7) is 5.20. The van der Waals surface area contributed by atoms with Crippen molar-refractivity contribution in [3.05, 3.63) is 36.6 Å². The van der Waals surface area contributed by atoms with E-state index in [1.165, 1.54) is 6.08 Å². The van der Waals surface area contributed by atoms with Gasteiger partial charge in [0.1, 0.15) is 0 Å². The monoisotopic (exact) mass is 135 g/mol. The molecule has 2 heteroatoms. The molecule has 0 heterocycles. The van der Waals surface area contributed by atoms with Crippen molar-refractivity contribution in [1.82, 2.24) is 0 Å². The molecule has 0 unspecified atom stereocenters. The van der Waals surface area contributed by atoms with Crippen molar-refractivity contribution in [3.8, 4) is 0 Å². The van der Waals surface area contributed by atoms with E-state index in [4.69, 9.17) is 0 Å². The first-order valence-corrected chi connectivity index (χ1v) is 2.85. The minimum atomic E-state index is 0.633. The van der Waals surface area contributed by atoms with Gasteiger partial charge >= 0.3 is 0 Å². The van der Waals surface area contributed by atoms with Crippen molar-refractivity contribution < 1.29 is 4.79 Å². The van der Waals surface area contributed by atoms with E-state index >= 15 is 0 Å². The Morgan fingerprint density at radius 2 is 2.30 bits per heavy atom. The molecule has 0 rings (SSSR count). The van der Waals surface area contributed by atoms with Gasteiger partial charge in [-0.1, -0.05) is 24.8 Å². The molecule has 0 saturated carbocycles. The second-order valence-electron chi connectivity index (χ2n) is 1.63. The Morgan fingerprint density at radius 3 is 2.80 bits per heavy atom. The molecular formula is C8H9NO. The highest BCUT2D eigenvalue weighted by Gasteiger charge is 1.75. The van der Waals surface area contributed by atoms with Crippen LogP contribution in [0.3, 0.4) is 0 Å². The standard InChI is InChI=1S/C8H9NO/c1-3-4-5-6-8(2)9-7-10/h3-6H,1H2,2H3. The lowest BCUT2D eigenvalue weighted by molar-refractivity contribution is 0.564. The van der Waals surface area contributed by atoms with E-state index in [0.717, 1.165) is 0 Å². The van der Waals surface area contributed by atoms with Crippen LogP contribution < -0.4 is 0 Å². The number of nitrogens with zero attached hydrogens (tertiary/aromatic N) is 1. The first-order chi connectivity index (χ1) is 4.81. The quantitative estimate of drug-likeness (QED) is 0.330. The summed E-state index contributed by atoms with van der Waals surface area (Å²) in [7, 11) is 0. The SMILES string of the molecule is C=CC=CC=C(C)N=C=O. The summed E-state index contributed by atoms with van der Waals surface area (Å²) in [4.78, 5) is 13.0. The molecule has 0 aliphatic rings. The third-order valence-corrected chi connectivity index (χ3v) is 0.807. The number of hydrogen-bond donors (Lipinski definition) is 0. The Balaban J connectivity index is 4.03. The van der Waals surface area contributed by atoms with E-state index in [1.54, 1.807) is 31.2 Å². The van der Waals surface area contributed by atoms with E-state index in [1.807, 2.05) is 0 Å². The van der Waals surface area contributed by atoms with Crippen molar-refractivity contribution in [2.24, 2.45) is 4.99 Å². The first kappa shape index (κ1) is 8.60. The van der Waals surface area contributed by atoms with Crippen LogP contribution in [0.25, 0.3) is 0 Å². The van der Waals surface area contributed by atoms with Gasteiger partial charge in [-0.2, -0.15) is 4.99 Å². The molecule has 0 aliphatic heterocycles. The van der Waals surface area contributed by atoms with E-state index in [0.29, 0.717) is 5.70 Å². The third kappa shape index (κ3) is 4.75. The Morgan fingerprint density at radius 1 is 1.60 bits per heavy atom. The summed E-state index contributed by atoms with van der Waals surface area (Å²) >= 11 is 0. The smallest absolute Gasteiger partial charge is 0.211 e. The first-order valence-electron chi connectivity index (χ1n) is 2.85. The summed E-state index contributed by atoms with van der Waals surface area (Å²) in [5, 5.41) is 0. The van der Waals surface area contributed by atoms with E-state index < -0.39 is 0 Å². The lowest BCUT2D eigenvalue weighted by Gasteiger charge is -1.79. The largest absolute Gasteiger partial charge is 0.240 e. The normalized spacial score (nSPS) is 11.1. The fraction of sp³-hybridized carbons (Fsp3) is 0.125. The van der Waals surface area contributed by atoms with Crippen LogP contribution in [0, 0.1) is 0 Å². The second kappa shape index (κ2) is 5.73. The highest BCUT2D eigenvalue weighted by atomic mass is 16.1. The second-order valence-corrected chi connectivity index (χ2v) is 1.63. The van der Waals surface area contributed by atoms with Crippen molar-refractivity contribution in [3.63, 3.8) is 0 Å². The van der Waals surface area contributed by atoms with Crippen LogP contribution in [0.5, 0.6) is 0 Å². The Labute approximate surface area is 60.3 Å². The number of allylic oxidation sites excluding steroid dienone is 5. The molecule has 0 saturated heterocycles. The van der Waals surface area contributed by atoms with Gasteiger partial charge in [0.05, 0.1) is 5.70 Å². The van der Waals surface area contributed by atoms with Crippen LogP contribution in [0.4, 0.5) is 0 Å². The zero-order valence-electron chi connectivity index (χ0n) is 5.87. The van der Waals surface area contributed by atoms with E-state index in [9.17, 15) is 4.79 Å². The maximum Gasteiger partial charge on any atom is 0.240 e. The van der Waals surface area contributed by atoms with Gasteiger partial charge in [-0.25, -0.2) is 4.79 Å². The molecule has 2 nitrogen and oxygen atoms in total. The zero-order valence-corrected chi connectivity index (χ0v) is 5.87. The zero-order chi connectivity index (χ0) is 7.82. The summed E-state index contributed by atoms with van der Waals surface area (Å²) in [5.41, 5.74) is 0.633. The molecule has 0 aliphatic carbocycles. The number of isocyanates is 1. The predicted molar refractivity (Wildman–Crippen MR) is 41.2 cm³/mol. The molecule has 0 fully saturated rings. The highest BCUT2D eigenvalue weighted by Crippen LogP contribution is 1.92. The third-order valence-electron chi connectivity index (χ3n) is 0.807. The van der Waals surface area contributed by atoms with Crippen LogP contribution in [-0.4, -0.2) is 6.08 Å². The van der Waals surface area contributed by atoms with Crippen molar-refractivity contribution >= 4 is 6.08 Å². The topological polar surface area (TPSA) is 29.4 Å². The Hall–Kier alpha value is -1.40. The molecule has 0 bridgehead atoms. The fourth-order valence-electron chi connectivity index (χ4n) is 0.383. The minimum Gasteiger partial charge on any atom is -0.211 e. The predicted octanol–water partition coefficient (Wildman–Crippen LogP) is 1.97. The lowest BCUT2D eigenvalue weighted by atomic mass is 10.4. The van der Waals surface area contributed by atoms with Gasteiger partial charge in [-0.15, -0.1) is 0 Å². The molecule has 0 N–H and O–H groups in total. The van der Waals surface area contributed by atoms with Gasteiger partial charge in [0.2, 0.25) is 6.08 Å². The molecule has 52 valence electrons. The summed E-state index contributed by atoms with van der Waals surface area (Å²) in [5.74, 6) is 0.